The van der Waals surface area contributed by atoms with Crippen molar-refractivity contribution in [3.05, 3.63) is 58.1 Å². The molecule has 0 aliphatic carbocycles. The summed E-state index contributed by atoms with van der Waals surface area (Å²) in [6.45, 7) is 0. The number of aromatic hydroxyl groups is 1. The van der Waals surface area contributed by atoms with Crippen molar-refractivity contribution in [2.75, 3.05) is 5.32 Å². The highest BCUT2D eigenvalue weighted by Gasteiger charge is 2.06. The van der Waals surface area contributed by atoms with E-state index in [1.807, 2.05) is 6.07 Å². The van der Waals surface area contributed by atoms with Crippen molar-refractivity contribution in [2.24, 2.45) is 5.10 Å². The maximum Gasteiger partial charge on any atom is 0.339 e. The van der Waals surface area contributed by atoms with Gasteiger partial charge in [-0.1, -0.05) is 41.4 Å². The molecule has 0 saturated heterocycles. The highest BCUT2D eigenvalue weighted by atomic mass is 35.5. The van der Waals surface area contributed by atoms with Crippen LogP contribution in [-0.4, -0.2) is 17.4 Å². The third-order valence-corrected chi connectivity index (χ3v) is 2.97. The van der Waals surface area contributed by atoms with E-state index in [-0.39, 0.29) is 10.8 Å². The van der Waals surface area contributed by atoms with E-state index in [1.165, 1.54) is 18.3 Å². The standard InChI is InChI=1S/C14H11Cl2N3O2/c15-10-6-9(13(20)12(16)7-10)8-17-19-14(21)18-11-4-2-1-3-5-11/h1-8,20H,(H2,18,19,21)/b17-8+. The van der Waals surface area contributed by atoms with Crippen LogP contribution in [0.1, 0.15) is 5.56 Å². The van der Waals surface area contributed by atoms with E-state index < -0.39 is 6.03 Å². The van der Waals surface area contributed by atoms with Gasteiger partial charge >= 0.3 is 6.03 Å². The Morgan fingerprint density at radius 3 is 2.62 bits per heavy atom. The quantitative estimate of drug-likeness (QED) is 0.592. The molecular formula is C14H11Cl2N3O2. The van der Waals surface area contributed by atoms with Crippen LogP contribution in [-0.2, 0) is 0 Å². The fourth-order valence-corrected chi connectivity index (χ4v) is 2.03. The number of para-hydroxylation sites is 1. The summed E-state index contributed by atoms with van der Waals surface area (Å²) < 4.78 is 0. The summed E-state index contributed by atoms with van der Waals surface area (Å²) in [7, 11) is 0. The third-order valence-electron chi connectivity index (χ3n) is 2.46. The molecule has 21 heavy (non-hydrogen) atoms. The Kier molecular flexibility index (Phi) is 5.03. The Labute approximate surface area is 131 Å². The largest absolute Gasteiger partial charge is 0.506 e. The highest BCUT2D eigenvalue weighted by molar-refractivity contribution is 6.36. The fraction of sp³-hybridized carbons (Fsp3) is 0. The van der Waals surface area contributed by atoms with Crippen molar-refractivity contribution in [1.29, 1.82) is 0 Å². The number of hydrogen-bond acceptors (Lipinski definition) is 3. The number of halogens is 2. The molecule has 0 saturated carbocycles. The van der Waals surface area contributed by atoms with Gasteiger partial charge in [-0.3, -0.25) is 0 Å². The zero-order valence-corrected chi connectivity index (χ0v) is 12.2. The van der Waals surface area contributed by atoms with Crippen molar-refractivity contribution < 1.29 is 9.90 Å². The molecule has 0 radical (unpaired) electrons. The summed E-state index contributed by atoms with van der Waals surface area (Å²) >= 11 is 11.6. The number of anilines is 1. The summed E-state index contributed by atoms with van der Waals surface area (Å²) in [6.07, 6.45) is 1.25. The molecule has 0 unspecified atom stereocenters. The molecule has 2 aromatic rings. The number of carbonyl (C=O) groups excluding carboxylic acids is 1. The molecule has 2 amide bonds. The van der Waals surface area contributed by atoms with Crippen LogP contribution in [0.3, 0.4) is 0 Å². The number of phenolic OH excluding ortho intramolecular Hbond substituents is 1. The Hall–Kier alpha value is -2.24. The van der Waals surface area contributed by atoms with Crippen LogP contribution in [0.4, 0.5) is 10.5 Å². The van der Waals surface area contributed by atoms with E-state index in [4.69, 9.17) is 23.2 Å². The molecule has 5 nitrogen and oxygen atoms in total. The number of phenols is 1. The Bertz CT molecular complexity index is 675. The van der Waals surface area contributed by atoms with E-state index in [1.54, 1.807) is 24.3 Å². The molecule has 0 bridgehead atoms. The van der Waals surface area contributed by atoms with Gasteiger partial charge in [0.15, 0.2) is 0 Å². The number of rotatable bonds is 3. The molecular weight excluding hydrogens is 313 g/mol. The number of hydrogen-bond donors (Lipinski definition) is 3. The molecule has 0 fully saturated rings. The topological polar surface area (TPSA) is 73.7 Å². The number of nitrogens with one attached hydrogen (secondary N) is 2. The van der Waals surface area contributed by atoms with Crippen LogP contribution < -0.4 is 10.7 Å². The average molecular weight is 324 g/mol. The van der Waals surface area contributed by atoms with E-state index in [0.717, 1.165) is 0 Å². The van der Waals surface area contributed by atoms with E-state index in [0.29, 0.717) is 16.3 Å². The summed E-state index contributed by atoms with van der Waals surface area (Å²) in [5.74, 6) is -0.157. The molecule has 0 aliphatic rings. The van der Waals surface area contributed by atoms with Crippen LogP contribution in [0.25, 0.3) is 0 Å². The SMILES string of the molecule is O=C(N/N=C/c1cc(Cl)cc(Cl)c1O)Nc1ccccc1. The molecule has 2 rings (SSSR count). The minimum atomic E-state index is -0.509. The van der Waals surface area contributed by atoms with Crippen LogP contribution in [0.2, 0.25) is 10.0 Å². The molecule has 7 heteroatoms. The summed E-state index contributed by atoms with van der Waals surface area (Å²) in [5, 5.41) is 16.5. The van der Waals surface area contributed by atoms with Crippen molar-refractivity contribution in [1.82, 2.24) is 5.43 Å². The average Bonchev–Trinajstić information content (AvgIpc) is 2.45. The van der Waals surface area contributed by atoms with Crippen LogP contribution in [0.5, 0.6) is 5.75 Å². The van der Waals surface area contributed by atoms with Crippen LogP contribution in [0, 0.1) is 0 Å². The summed E-state index contributed by atoms with van der Waals surface area (Å²) in [5.41, 5.74) is 3.20. The number of amides is 2. The van der Waals surface area contributed by atoms with Crippen LogP contribution in [0.15, 0.2) is 47.6 Å². The molecule has 0 aliphatic heterocycles. The Morgan fingerprint density at radius 2 is 1.90 bits per heavy atom. The van der Waals surface area contributed by atoms with Gasteiger partial charge < -0.3 is 10.4 Å². The fourth-order valence-electron chi connectivity index (χ4n) is 1.53. The molecule has 0 atom stereocenters. The summed E-state index contributed by atoms with van der Waals surface area (Å²) in [4.78, 5) is 11.6. The first-order valence-electron chi connectivity index (χ1n) is 5.89. The number of urea groups is 1. The predicted octanol–water partition coefficient (Wildman–Crippen LogP) is 3.85. The first-order valence-corrected chi connectivity index (χ1v) is 6.65. The second-order valence-corrected chi connectivity index (χ2v) is 4.86. The minimum Gasteiger partial charge on any atom is -0.506 e. The monoisotopic (exact) mass is 323 g/mol. The zero-order chi connectivity index (χ0) is 15.2. The van der Waals surface area contributed by atoms with E-state index >= 15 is 0 Å². The van der Waals surface area contributed by atoms with Crippen LogP contribution >= 0.6 is 23.2 Å². The number of benzene rings is 2. The highest BCUT2D eigenvalue weighted by Crippen LogP contribution is 2.29. The van der Waals surface area contributed by atoms with Gasteiger partial charge in [-0.25, -0.2) is 10.2 Å². The molecule has 2 aromatic carbocycles. The second-order valence-electron chi connectivity index (χ2n) is 4.02. The number of hydrazone groups is 1. The van der Waals surface area contributed by atoms with Gasteiger partial charge in [-0.2, -0.15) is 5.10 Å². The lowest BCUT2D eigenvalue weighted by Gasteiger charge is -2.04. The Morgan fingerprint density at radius 1 is 1.19 bits per heavy atom. The minimum absolute atomic E-state index is 0.109. The van der Waals surface area contributed by atoms with Crippen molar-refractivity contribution in [2.45, 2.75) is 0 Å². The van der Waals surface area contributed by atoms with Crippen molar-refractivity contribution in [3.63, 3.8) is 0 Å². The predicted molar refractivity (Wildman–Crippen MR) is 84.3 cm³/mol. The molecule has 0 spiro atoms. The zero-order valence-electron chi connectivity index (χ0n) is 10.7. The molecule has 0 heterocycles. The number of carbonyl (C=O) groups is 1. The molecule has 0 aromatic heterocycles. The molecule has 3 N–H and O–H groups in total. The van der Waals surface area contributed by atoms with Gasteiger partial charge in [0, 0.05) is 16.3 Å². The maximum absolute atomic E-state index is 11.6. The second kappa shape index (κ2) is 6.97. The lowest BCUT2D eigenvalue weighted by Crippen LogP contribution is -2.24. The van der Waals surface area contributed by atoms with Gasteiger partial charge in [-0.15, -0.1) is 0 Å². The van der Waals surface area contributed by atoms with Gasteiger partial charge in [0.2, 0.25) is 0 Å². The van der Waals surface area contributed by atoms with Gasteiger partial charge in [0.1, 0.15) is 5.75 Å². The smallest absolute Gasteiger partial charge is 0.339 e. The van der Waals surface area contributed by atoms with E-state index in [9.17, 15) is 9.90 Å². The molecule has 108 valence electrons. The van der Waals surface area contributed by atoms with Gasteiger partial charge in [0.05, 0.1) is 11.2 Å². The van der Waals surface area contributed by atoms with Gasteiger partial charge in [0.25, 0.3) is 0 Å². The Balaban J connectivity index is 1.98. The lowest BCUT2D eigenvalue weighted by atomic mass is 10.2. The number of nitrogens with zero attached hydrogens (tertiary/aromatic N) is 1. The maximum atomic E-state index is 11.6. The van der Waals surface area contributed by atoms with Crippen molar-refractivity contribution in [3.8, 4) is 5.75 Å². The first kappa shape index (κ1) is 15.2. The van der Waals surface area contributed by atoms with E-state index in [2.05, 4.69) is 15.8 Å². The third kappa shape index (κ3) is 4.37. The lowest BCUT2D eigenvalue weighted by molar-refractivity contribution is 0.252. The van der Waals surface area contributed by atoms with Gasteiger partial charge in [-0.05, 0) is 24.3 Å². The first-order chi connectivity index (χ1) is 10.1. The normalized spacial score (nSPS) is 10.6. The van der Waals surface area contributed by atoms with Crippen molar-refractivity contribution >= 4 is 41.1 Å². The summed E-state index contributed by atoms with van der Waals surface area (Å²) in [6, 6.07) is 11.3.